The molecule has 1 aliphatic heterocycles. The van der Waals surface area contributed by atoms with Gasteiger partial charge in [0.1, 0.15) is 25.0 Å². The van der Waals surface area contributed by atoms with Crippen LogP contribution in [0, 0.1) is 0 Å². The van der Waals surface area contributed by atoms with Gasteiger partial charge in [0.2, 0.25) is 0 Å². The van der Waals surface area contributed by atoms with Crippen molar-refractivity contribution >= 4 is 30.1 Å². The summed E-state index contributed by atoms with van der Waals surface area (Å²) in [5.74, 6) is -1.70. The number of hydrogen-bond donors (Lipinski definition) is 3. The Bertz CT molecular complexity index is 949. The van der Waals surface area contributed by atoms with Gasteiger partial charge < -0.3 is 24.8 Å². The molecular weight excluding hydrogens is 468 g/mol. The molecule has 196 valence electrons. The van der Waals surface area contributed by atoms with Crippen molar-refractivity contribution in [3.05, 3.63) is 47.7 Å². The van der Waals surface area contributed by atoms with Crippen molar-refractivity contribution in [2.45, 2.75) is 65.0 Å². The molecule has 3 N–H and O–H groups in total. The molecule has 3 atom stereocenters. The lowest BCUT2D eigenvalue weighted by Gasteiger charge is -2.17. The first kappa shape index (κ1) is 28.5. The minimum absolute atomic E-state index is 0.132. The molecule has 11 nitrogen and oxygen atoms in total. The topological polar surface area (TPSA) is 144 Å². The molecule has 1 aromatic rings. The van der Waals surface area contributed by atoms with E-state index in [2.05, 4.69) is 27.9 Å². The lowest BCUT2D eigenvalue weighted by molar-refractivity contribution is -0.155. The summed E-state index contributed by atoms with van der Waals surface area (Å²) >= 11 is 0. The van der Waals surface area contributed by atoms with E-state index >= 15 is 0 Å². The second-order valence-electron chi connectivity index (χ2n) is 8.14. The van der Waals surface area contributed by atoms with E-state index in [-0.39, 0.29) is 18.6 Å². The average molecular weight is 503 g/mol. The predicted molar refractivity (Wildman–Crippen MR) is 132 cm³/mol. The van der Waals surface area contributed by atoms with Gasteiger partial charge in [0.25, 0.3) is 5.91 Å². The zero-order chi connectivity index (χ0) is 26.3. The summed E-state index contributed by atoms with van der Waals surface area (Å²) in [6.45, 7) is 5.46. The van der Waals surface area contributed by atoms with Gasteiger partial charge in [-0.05, 0) is 12.0 Å². The van der Waals surface area contributed by atoms with Crippen LogP contribution < -0.4 is 16.0 Å². The number of ether oxygens (including phenoxy) is 3. The number of aliphatic imine (C=N–C) groups is 1. The highest BCUT2D eigenvalue weighted by Gasteiger charge is 2.39. The number of esters is 2. The van der Waals surface area contributed by atoms with E-state index < -0.39 is 42.3 Å². The molecular formula is C25H34N4O7. The number of benzene rings is 1. The molecule has 11 heteroatoms. The van der Waals surface area contributed by atoms with Crippen molar-refractivity contribution in [3.63, 3.8) is 0 Å². The smallest absolute Gasteiger partial charge is 0.323 e. The summed E-state index contributed by atoms with van der Waals surface area (Å²) in [6.07, 6.45) is 2.65. The van der Waals surface area contributed by atoms with Gasteiger partial charge in [-0.25, -0.2) is 4.79 Å². The van der Waals surface area contributed by atoms with E-state index in [9.17, 15) is 19.2 Å². The molecule has 1 saturated heterocycles. The Morgan fingerprint density at radius 1 is 1.14 bits per heavy atom. The number of rotatable bonds is 12. The van der Waals surface area contributed by atoms with Gasteiger partial charge in [-0.15, -0.1) is 0 Å². The van der Waals surface area contributed by atoms with Crippen LogP contribution in [0.1, 0.15) is 45.6 Å². The van der Waals surface area contributed by atoms with Gasteiger partial charge in [-0.2, -0.15) is 0 Å². The van der Waals surface area contributed by atoms with Crippen LogP contribution in [0.2, 0.25) is 0 Å². The standard InChI is InChI=1S/C25H34N4O7/c1-4-5-11-26-14-20(15-27-13-19-9-7-6-8-10-19)24(32)29-25(33)28-23-12-21(35-18(3)31)22(36-23)16-34-17(2)30/h6-10,14-15,21-23,26H,4-5,11-13,16H2,1-3H3,(H2,28,29,32,33)/b20-14-,27-15?/t21-,22+,23+/m0/s1. The first-order valence-corrected chi connectivity index (χ1v) is 11.8. The lowest BCUT2D eigenvalue weighted by atomic mass is 10.2. The molecule has 1 heterocycles. The van der Waals surface area contributed by atoms with Crippen LogP contribution in [0.4, 0.5) is 4.79 Å². The number of amides is 3. The fraction of sp³-hybridized carbons (Fsp3) is 0.480. The summed E-state index contributed by atoms with van der Waals surface area (Å²) in [6, 6.07) is 8.76. The summed E-state index contributed by atoms with van der Waals surface area (Å²) < 4.78 is 15.8. The van der Waals surface area contributed by atoms with E-state index in [1.54, 1.807) is 0 Å². The third kappa shape index (κ3) is 10.7. The number of unbranched alkanes of at least 4 members (excludes halogenated alkanes) is 1. The van der Waals surface area contributed by atoms with Crippen LogP contribution in [0.25, 0.3) is 0 Å². The number of urea groups is 1. The SMILES string of the molecule is CCCCN/C=C(/C=NCc1ccccc1)C(=O)NC(=O)N[C@H]1C[C@H](OC(C)=O)[C@@H](COC(C)=O)O1. The van der Waals surface area contributed by atoms with Crippen LogP contribution in [-0.2, 0) is 35.1 Å². The summed E-state index contributed by atoms with van der Waals surface area (Å²) in [7, 11) is 0. The highest BCUT2D eigenvalue weighted by Crippen LogP contribution is 2.22. The number of imide groups is 1. The highest BCUT2D eigenvalue weighted by atomic mass is 16.6. The lowest BCUT2D eigenvalue weighted by Crippen LogP contribution is -2.45. The minimum atomic E-state index is -0.857. The molecule has 36 heavy (non-hydrogen) atoms. The first-order chi connectivity index (χ1) is 17.3. The molecule has 2 rings (SSSR count). The Morgan fingerprint density at radius 2 is 1.89 bits per heavy atom. The first-order valence-electron chi connectivity index (χ1n) is 11.8. The van der Waals surface area contributed by atoms with Crippen molar-refractivity contribution in [3.8, 4) is 0 Å². The van der Waals surface area contributed by atoms with E-state index in [4.69, 9.17) is 14.2 Å². The molecule has 0 radical (unpaired) electrons. The fourth-order valence-electron chi connectivity index (χ4n) is 3.31. The minimum Gasteiger partial charge on any atom is -0.463 e. The average Bonchev–Trinajstić information content (AvgIpc) is 3.19. The van der Waals surface area contributed by atoms with Crippen LogP contribution in [0.3, 0.4) is 0 Å². The van der Waals surface area contributed by atoms with Crippen molar-refractivity contribution in [2.24, 2.45) is 4.99 Å². The maximum Gasteiger partial charge on any atom is 0.323 e. The number of carbonyl (C=O) groups excluding carboxylic acids is 4. The second kappa shape index (κ2) is 15.3. The van der Waals surface area contributed by atoms with Gasteiger partial charge >= 0.3 is 18.0 Å². The molecule has 0 unspecified atom stereocenters. The normalized spacial score (nSPS) is 19.5. The van der Waals surface area contributed by atoms with E-state index in [1.807, 2.05) is 30.3 Å². The largest absolute Gasteiger partial charge is 0.463 e. The Balaban J connectivity index is 1.96. The molecule has 0 bridgehead atoms. The molecule has 0 spiro atoms. The molecule has 0 aliphatic carbocycles. The van der Waals surface area contributed by atoms with Crippen molar-refractivity contribution < 1.29 is 33.4 Å². The maximum absolute atomic E-state index is 12.7. The van der Waals surface area contributed by atoms with E-state index in [0.717, 1.165) is 18.4 Å². The van der Waals surface area contributed by atoms with E-state index in [1.165, 1.54) is 26.3 Å². The molecule has 0 saturated carbocycles. The summed E-state index contributed by atoms with van der Waals surface area (Å²) in [4.78, 5) is 52.0. The molecule has 1 aromatic carbocycles. The third-order valence-corrected chi connectivity index (χ3v) is 5.03. The highest BCUT2D eigenvalue weighted by molar-refractivity contribution is 6.16. The zero-order valence-electron chi connectivity index (χ0n) is 20.8. The molecule has 1 aliphatic rings. The summed E-state index contributed by atoms with van der Waals surface area (Å²) in [5.41, 5.74) is 1.16. The van der Waals surface area contributed by atoms with Gasteiger partial charge in [-0.1, -0.05) is 43.7 Å². The Labute approximate surface area is 210 Å². The van der Waals surface area contributed by atoms with Crippen LogP contribution in [-0.4, -0.2) is 61.7 Å². The molecule has 3 amide bonds. The Kier molecular flexibility index (Phi) is 12.1. The van der Waals surface area contributed by atoms with Crippen molar-refractivity contribution in [1.29, 1.82) is 0 Å². The van der Waals surface area contributed by atoms with Crippen LogP contribution in [0.15, 0.2) is 47.1 Å². The maximum atomic E-state index is 12.7. The number of carbonyl (C=O) groups is 4. The van der Waals surface area contributed by atoms with Crippen molar-refractivity contribution in [1.82, 2.24) is 16.0 Å². The predicted octanol–water partition coefficient (Wildman–Crippen LogP) is 1.97. The Morgan fingerprint density at radius 3 is 2.56 bits per heavy atom. The number of nitrogens with one attached hydrogen (secondary N) is 3. The fourth-order valence-corrected chi connectivity index (χ4v) is 3.31. The summed E-state index contributed by atoms with van der Waals surface area (Å²) in [5, 5.41) is 7.84. The second-order valence-corrected chi connectivity index (χ2v) is 8.14. The monoisotopic (exact) mass is 502 g/mol. The third-order valence-electron chi connectivity index (χ3n) is 5.03. The molecule has 1 fully saturated rings. The van der Waals surface area contributed by atoms with Gasteiger partial charge in [-0.3, -0.25) is 24.7 Å². The van der Waals surface area contributed by atoms with Gasteiger partial charge in [0.05, 0.1) is 12.1 Å². The Hall–Kier alpha value is -3.73. The van der Waals surface area contributed by atoms with Crippen molar-refractivity contribution in [2.75, 3.05) is 13.2 Å². The number of hydrogen-bond acceptors (Lipinski definition) is 9. The van der Waals surface area contributed by atoms with E-state index in [0.29, 0.717) is 13.1 Å². The van der Waals surface area contributed by atoms with Crippen LogP contribution >= 0.6 is 0 Å². The zero-order valence-corrected chi connectivity index (χ0v) is 20.8. The number of nitrogens with zero attached hydrogens (tertiary/aromatic N) is 1. The molecule has 0 aromatic heterocycles. The van der Waals surface area contributed by atoms with Gasteiger partial charge in [0, 0.05) is 39.2 Å². The van der Waals surface area contributed by atoms with Crippen LogP contribution in [0.5, 0.6) is 0 Å². The quantitative estimate of drug-likeness (QED) is 0.170. The van der Waals surface area contributed by atoms with Gasteiger partial charge in [0.15, 0.2) is 0 Å².